The largest absolute Gasteiger partial charge is 0.491 e. The van der Waals surface area contributed by atoms with E-state index in [4.69, 9.17) is 9.47 Å². The van der Waals surface area contributed by atoms with Crippen LogP contribution in [0.1, 0.15) is 43.5 Å². The van der Waals surface area contributed by atoms with Gasteiger partial charge in [0.2, 0.25) is 11.8 Å². The van der Waals surface area contributed by atoms with E-state index in [0.717, 1.165) is 19.3 Å². The Bertz CT molecular complexity index is 917. The molecule has 1 saturated carbocycles. The van der Waals surface area contributed by atoms with Gasteiger partial charge in [0.1, 0.15) is 12.4 Å². The summed E-state index contributed by atoms with van der Waals surface area (Å²) in [5.41, 5.74) is 0.950. The third-order valence-electron chi connectivity index (χ3n) is 6.96. The number of carbonyl (C=O) groups excluding carboxylic acids is 3. The summed E-state index contributed by atoms with van der Waals surface area (Å²) in [6.07, 6.45) is 2.62. The number of rotatable bonds is 5. The Morgan fingerprint density at radius 3 is 2.51 bits per heavy atom. The second kappa shape index (κ2) is 11.9. The fourth-order valence-electron chi connectivity index (χ4n) is 4.48. The van der Waals surface area contributed by atoms with E-state index in [1.807, 2.05) is 37.7 Å². The molecule has 0 bridgehead atoms. The summed E-state index contributed by atoms with van der Waals surface area (Å²) in [6.45, 7) is 5.38. The topological polar surface area (TPSA) is 91.4 Å². The van der Waals surface area contributed by atoms with E-state index in [1.54, 1.807) is 37.3 Å². The average Bonchev–Trinajstić information content (AvgIpc) is 2.76. The molecule has 1 aromatic rings. The summed E-state index contributed by atoms with van der Waals surface area (Å²) in [7, 11) is 7.10. The summed E-state index contributed by atoms with van der Waals surface area (Å²) in [5, 5.41) is 2.94. The lowest BCUT2D eigenvalue weighted by Crippen LogP contribution is -2.50. The summed E-state index contributed by atoms with van der Waals surface area (Å²) < 4.78 is 11.9. The van der Waals surface area contributed by atoms with Crippen LogP contribution < -0.4 is 10.1 Å². The molecule has 0 aromatic heterocycles. The Balaban J connectivity index is 1.91. The number of nitrogens with one attached hydrogen (secondary N) is 1. The van der Waals surface area contributed by atoms with Crippen molar-refractivity contribution >= 4 is 23.4 Å². The van der Waals surface area contributed by atoms with E-state index in [0.29, 0.717) is 36.6 Å². The first-order valence-corrected chi connectivity index (χ1v) is 12.4. The standard InChI is InChI=1S/C26H40N4O5/c1-17-13-30(24(31)15-28(3)4)18(2)16-35-22-11-10-20(27-25(32)19-8-7-9-19)12-21(22)26(33)29(5)14-23(17)34-6/h10-12,17-19,23H,7-9,13-16H2,1-6H3,(H,27,32)/t17-,18+,23+/m0/s1. The van der Waals surface area contributed by atoms with Gasteiger partial charge in [0.15, 0.2) is 0 Å². The molecule has 35 heavy (non-hydrogen) atoms. The maximum absolute atomic E-state index is 13.4. The van der Waals surface area contributed by atoms with E-state index < -0.39 is 0 Å². The van der Waals surface area contributed by atoms with Crippen molar-refractivity contribution in [1.29, 1.82) is 0 Å². The lowest BCUT2D eigenvalue weighted by atomic mass is 9.85. The smallest absolute Gasteiger partial charge is 0.257 e. The molecule has 3 rings (SSSR count). The third-order valence-corrected chi connectivity index (χ3v) is 6.96. The predicted molar refractivity (Wildman–Crippen MR) is 135 cm³/mol. The Morgan fingerprint density at radius 2 is 1.91 bits per heavy atom. The number of benzene rings is 1. The number of hydrogen-bond acceptors (Lipinski definition) is 6. The van der Waals surface area contributed by atoms with Gasteiger partial charge in [-0.2, -0.15) is 0 Å². The van der Waals surface area contributed by atoms with Gasteiger partial charge in [-0.25, -0.2) is 0 Å². The molecule has 3 amide bonds. The minimum Gasteiger partial charge on any atom is -0.491 e. The second-order valence-electron chi connectivity index (χ2n) is 10.2. The Hall–Kier alpha value is -2.65. The highest BCUT2D eigenvalue weighted by atomic mass is 16.5. The molecule has 3 atom stereocenters. The molecule has 1 aliphatic carbocycles. The average molecular weight is 489 g/mol. The normalized spacial score (nSPS) is 24.1. The van der Waals surface area contributed by atoms with Gasteiger partial charge in [0.25, 0.3) is 5.91 Å². The highest BCUT2D eigenvalue weighted by Crippen LogP contribution is 2.30. The number of methoxy groups -OCH3 is 1. The Labute approximate surface area is 208 Å². The molecule has 0 unspecified atom stereocenters. The molecule has 0 saturated heterocycles. The fourth-order valence-corrected chi connectivity index (χ4v) is 4.48. The summed E-state index contributed by atoms with van der Waals surface area (Å²) >= 11 is 0. The van der Waals surface area contributed by atoms with Crippen LogP contribution >= 0.6 is 0 Å². The van der Waals surface area contributed by atoms with Gasteiger partial charge in [0, 0.05) is 44.8 Å². The van der Waals surface area contributed by atoms with E-state index in [1.165, 1.54) is 0 Å². The van der Waals surface area contributed by atoms with Gasteiger partial charge in [0.05, 0.1) is 24.3 Å². The maximum atomic E-state index is 13.4. The molecule has 2 aliphatic rings. The van der Waals surface area contributed by atoms with Crippen LogP contribution in [0.4, 0.5) is 5.69 Å². The van der Waals surface area contributed by atoms with Gasteiger partial charge in [-0.3, -0.25) is 14.4 Å². The lowest BCUT2D eigenvalue weighted by molar-refractivity contribution is -0.136. The van der Waals surface area contributed by atoms with Crippen molar-refractivity contribution in [3.05, 3.63) is 23.8 Å². The third kappa shape index (κ3) is 6.73. The molecule has 1 N–H and O–H groups in total. The minimum absolute atomic E-state index is 0.00388. The van der Waals surface area contributed by atoms with Crippen molar-refractivity contribution < 1.29 is 23.9 Å². The first kappa shape index (κ1) is 26.9. The van der Waals surface area contributed by atoms with Crippen molar-refractivity contribution in [3.63, 3.8) is 0 Å². The van der Waals surface area contributed by atoms with Gasteiger partial charge in [-0.1, -0.05) is 13.3 Å². The molecular formula is C26H40N4O5. The highest BCUT2D eigenvalue weighted by Gasteiger charge is 2.31. The summed E-state index contributed by atoms with van der Waals surface area (Å²) in [4.78, 5) is 44.3. The molecule has 9 heteroatoms. The zero-order valence-corrected chi connectivity index (χ0v) is 21.9. The number of fused-ring (bicyclic) bond motifs is 1. The van der Waals surface area contributed by atoms with Gasteiger partial charge in [-0.05, 0) is 52.1 Å². The molecule has 1 heterocycles. The molecule has 9 nitrogen and oxygen atoms in total. The number of ether oxygens (including phenoxy) is 2. The van der Waals surface area contributed by atoms with Crippen molar-refractivity contribution in [2.24, 2.45) is 11.8 Å². The molecule has 1 aromatic carbocycles. The Kier molecular flexibility index (Phi) is 9.13. The van der Waals surface area contributed by atoms with Gasteiger partial charge in [-0.15, -0.1) is 0 Å². The van der Waals surface area contributed by atoms with E-state index in [-0.39, 0.29) is 48.3 Å². The van der Waals surface area contributed by atoms with E-state index in [2.05, 4.69) is 5.32 Å². The Morgan fingerprint density at radius 1 is 1.20 bits per heavy atom. The number of anilines is 1. The van der Waals surface area contributed by atoms with Crippen molar-refractivity contribution in [2.75, 3.05) is 59.8 Å². The molecule has 194 valence electrons. The van der Waals surface area contributed by atoms with E-state index in [9.17, 15) is 14.4 Å². The monoisotopic (exact) mass is 488 g/mol. The van der Waals surface area contributed by atoms with Crippen LogP contribution in [-0.2, 0) is 14.3 Å². The highest BCUT2D eigenvalue weighted by molar-refractivity contribution is 6.00. The summed E-state index contributed by atoms with van der Waals surface area (Å²) in [5.74, 6) is 0.268. The number of nitrogens with zero attached hydrogens (tertiary/aromatic N) is 3. The van der Waals surface area contributed by atoms with Crippen molar-refractivity contribution in [2.45, 2.75) is 45.3 Å². The van der Waals surface area contributed by atoms with Crippen LogP contribution in [0.15, 0.2) is 18.2 Å². The number of likely N-dealkylation sites (N-methyl/N-ethyl adjacent to an activating group) is 2. The van der Waals surface area contributed by atoms with Crippen LogP contribution in [0.5, 0.6) is 5.75 Å². The van der Waals surface area contributed by atoms with Crippen LogP contribution in [-0.4, -0.2) is 99.1 Å². The molecular weight excluding hydrogens is 448 g/mol. The van der Waals surface area contributed by atoms with Crippen LogP contribution in [0.25, 0.3) is 0 Å². The molecule has 1 aliphatic heterocycles. The fraction of sp³-hybridized carbons (Fsp3) is 0.654. The molecule has 0 spiro atoms. The molecule has 1 fully saturated rings. The van der Waals surface area contributed by atoms with E-state index >= 15 is 0 Å². The van der Waals surface area contributed by atoms with Crippen molar-refractivity contribution in [3.8, 4) is 5.75 Å². The van der Waals surface area contributed by atoms with Crippen LogP contribution in [0.3, 0.4) is 0 Å². The van der Waals surface area contributed by atoms with Crippen molar-refractivity contribution in [1.82, 2.24) is 14.7 Å². The van der Waals surface area contributed by atoms with Crippen LogP contribution in [0, 0.1) is 11.8 Å². The van der Waals surface area contributed by atoms with Crippen LogP contribution in [0.2, 0.25) is 0 Å². The first-order chi connectivity index (χ1) is 16.6. The lowest BCUT2D eigenvalue weighted by Gasteiger charge is -2.36. The number of carbonyl (C=O) groups is 3. The predicted octanol–water partition coefficient (Wildman–Crippen LogP) is 2.32. The molecule has 0 radical (unpaired) electrons. The minimum atomic E-state index is -0.254. The maximum Gasteiger partial charge on any atom is 0.257 e. The zero-order chi connectivity index (χ0) is 25.7. The quantitative estimate of drug-likeness (QED) is 0.684. The van der Waals surface area contributed by atoms with Gasteiger partial charge >= 0.3 is 0 Å². The number of amides is 3. The number of hydrogen-bond donors (Lipinski definition) is 1. The first-order valence-electron chi connectivity index (χ1n) is 12.4. The second-order valence-corrected chi connectivity index (χ2v) is 10.2. The summed E-state index contributed by atoms with van der Waals surface area (Å²) in [6, 6.07) is 4.95. The SMILES string of the molecule is CO[C@@H]1CN(C)C(=O)c2cc(NC(=O)C3CCC3)ccc2OC[C@@H](C)N(C(=O)CN(C)C)C[C@@H]1C. The van der Waals surface area contributed by atoms with Gasteiger partial charge < -0.3 is 29.5 Å². The zero-order valence-electron chi connectivity index (χ0n) is 21.9.